The molecule has 1 aromatic heterocycles. The normalized spacial score (nSPS) is 5.94. The van der Waals surface area contributed by atoms with Crippen molar-refractivity contribution in [2.24, 2.45) is 14.1 Å². The Kier molecular flexibility index (Phi) is 34.6. The van der Waals surface area contributed by atoms with Gasteiger partial charge < -0.3 is 19.2 Å². The van der Waals surface area contributed by atoms with E-state index < -0.39 is 0 Å². The van der Waals surface area contributed by atoms with Crippen molar-refractivity contribution in [2.45, 2.75) is 0 Å². The zero-order valence-corrected chi connectivity index (χ0v) is 9.69. The van der Waals surface area contributed by atoms with E-state index in [1.807, 2.05) is 0 Å². The third-order valence-electron chi connectivity index (χ3n) is 0.827. The van der Waals surface area contributed by atoms with Gasteiger partial charge in [-0.15, -0.1) is 0 Å². The maximum absolute atomic E-state index is 7.75. The van der Waals surface area contributed by atoms with Gasteiger partial charge in [-0.25, -0.2) is 0 Å². The van der Waals surface area contributed by atoms with Crippen molar-refractivity contribution in [1.29, 1.82) is 0 Å². The van der Waals surface area contributed by atoms with E-state index in [9.17, 15) is 0 Å². The molecule has 0 aliphatic carbocycles. The van der Waals surface area contributed by atoms with Gasteiger partial charge in [-0.3, -0.25) is 27.2 Å². The van der Waals surface area contributed by atoms with Crippen molar-refractivity contribution in [3.05, 3.63) is 4.32 Å². The van der Waals surface area contributed by atoms with Crippen LogP contribution in [0.4, 0.5) is 0 Å². The quantitative estimate of drug-likeness (QED) is 0.311. The topological polar surface area (TPSA) is 104 Å². The summed E-state index contributed by atoms with van der Waals surface area (Å²) in [5.41, 5.74) is 0. The van der Waals surface area contributed by atoms with Gasteiger partial charge in [0.05, 0.1) is 0 Å². The number of nitrogens with zero attached hydrogens (tertiary/aromatic N) is 4. The summed E-state index contributed by atoms with van der Waals surface area (Å²) in [4.78, 5) is 31.0. The molecule has 8 nitrogen and oxygen atoms in total. The third-order valence-corrected chi connectivity index (χ3v) is 1.54. The van der Waals surface area contributed by atoms with E-state index in [4.69, 9.17) is 19.2 Å². The Morgan fingerprint density at radius 2 is 1.00 bits per heavy atom. The number of aryl methyl sites for hydroxylation is 2. The monoisotopic (exact) mass is 270 g/mol. The summed E-state index contributed by atoms with van der Waals surface area (Å²) < 4.78 is 4.02. The van der Waals surface area contributed by atoms with E-state index in [1.165, 1.54) is 0 Å². The Labute approximate surface area is 101 Å². The van der Waals surface area contributed by atoms with Crippen molar-refractivity contribution < 1.29 is 34.8 Å². The van der Waals surface area contributed by atoms with Crippen LogP contribution in [-0.2, 0) is 48.8 Å². The summed E-state index contributed by atoms with van der Waals surface area (Å²) in [5.74, 6) is 0. The van der Waals surface area contributed by atoms with Gasteiger partial charge in [-0.2, -0.15) is 0 Å². The van der Waals surface area contributed by atoms with Crippen LogP contribution in [0.25, 0.3) is 0 Å². The molecule has 0 radical (unpaired) electrons. The molecule has 0 saturated carbocycles. The van der Waals surface area contributed by atoms with Gasteiger partial charge in [0.15, 0.2) is 0 Å². The predicted octanol–water partition coefficient (Wildman–Crippen LogP) is -1.86. The van der Waals surface area contributed by atoms with Gasteiger partial charge in [0.2, 0.25) is 0 Å². The number of carbonyl (C=O) groups excluding carboxylic acids is 4. The minimum absolute atomic E-state index is 0.796. The summed E-state index contributed by atoms with van der Waals surface area (Å²) in [6.07, 6.45) is 0. The predicted molar refractivity (Wildman–Crippen MR) is 50.2 cm³/mol. The molecule has 0 aliphatic heterocycles. The van der Waals surface area contributed by atoms with Gasteiger partial charge in [0, 0.05) is 0 Å². The van der Waals surface area contributed by atoms with E-state index in [1.54, 1.807) is 23.5 Å². The van der Waals surface area contributed by atoms with Crippen LogP contribution in [-0.4, -0.2) is 46.9 Å². The molecule has 1 aromatic rings. The average molecular weight is 270 g/mol. The molecule has 0 saturated heterocycles. The van der Waals surface area contributed by atoms with Crippen LogP contribution in [0.15, 0.2) is 0 Å². The summed E-state index contributed by atoms with van der Waals surface area (Å²) >= 11 is 3.68. The summed E-state index contributed by atoms with van der Waals surface area (Å²) in [6, 6.07) is 0. The Morgan fingerprint density at radius 1 is 0.812 bits per heavy atom. The van der Waals surface area contributed by atoms with E-state index in [0.717, 1.165) is 4.32 Å². The molecule has 94 valence electrons. The summed E-state index contributed by atoms with van der Waals surface area (Å²) in [5, 5.41) is 7.37. The Morgan fingerprint density at radius 3 is 1.06 bits per heavy atom. The molecule has 0 unspecified atom stereocenters. The van der Waals surface area contributed by atoms with Gasteiger partial charge in [0.25, 0.3) is 0 Å². The Balaban J connectivity index is -0.0000000771. The van der Waals surface area contributed by atoms with Crippen molar-refractivity contribution >= 4 is 27.2 Å². The fraction of sp³-hybridized carbons (Fsp3) is 0.286. The molecule has 0 spiro atoms. The number of rotatable bonds is 0. The molecule has 1 rings (SSSR count). The molecule has 1 heterocycles. The van der Waals surface area contributed by atoms with Crippen molar-refractivity contribution in [1.82, 2.24) is 19.8 Å². The van der Waals surface area contributed by atoms with Crippen LogP contribution in [0.3, 0.4) is 0 Å². The molecular weight excluding hydrogens is 260 g/mol. The van der Waals surface area contributed by atoms with Crippen LogP contribution in [0.5, 0.6) is 0 Å². The van der Waals surface area contributed by atoms with E-state index in [-0.39, 0.29) is 0 Å². The smallest absolute Gasteiger partial charge is 0.282 e. The molecule has 0 aliphatic rings. The second-order valence-electron chi connectivity index (χ2n) is 1.48. The molecule has 0 bridgehead atoms. The van der Waals surface area contributed by atoms with Crippen LogP contribution in [0.1, 0.15) is 0 Å². The molecule has 16 heavy (non-hydrogen) atoms. The molecular formula is C7H10FeN4O4-4. The number of tetrazole rings is 1. The van der Waals surface area contributed by atoms with Gasteiger partial charge in [-0.1, -0.05) is 0 Å². The first-order chi connectivity index (χ1) is 7.72. The fourth-order valence-electron chi connectivity index (χ4n) is 0.401. The molecule has 0 atom stereocenters. The van der Waals surface area contributed by atoms with Crippen molar-refractivity contribution in [3.8, 4) is 0 Å². The molecule has 0 aromatic carbocycles. The standard InChI is InChI=1S/C3H6N4.4CHO.Fe/c1-6-3-7(2)5-4-6;4*1-2;/h1-2H3;4*1H;/q;4*-1;. The first-order valence-electron chi connectivity index (χ1n) is 3.06. The minimum atomic E-state index is 0.796. The second kappa shape index (κ2) is 23.2. The molecule has 0 fully saturated rings. The first-order valence-corrected chi connectivity index (χ1v) is 3.61. The van der Waals surface area contributed by atoms with Gasteiger partial charge in [0.1, 0.15) is 0 Å². The number of aromatic nitrogens is 4. The zero-order chi connectivity index (χ0) is 14.1. The second-order valence-corrected chi connectivity index (χ2v) is 1.98. The average Bonchev–Trinajstić information content (AvgIpc) is 2.70. The van der Waals surface area contributed by atoms with Crippen molar-refractivity contribution in [2.75, 3.05) is 0 Å². The van der Waals surface area contributed by atoms with E-state index >= 15 is 0 Å². The summed E-state index contributed by atoms with van der Waals surface area (Å²) in [7, 11) is 3.60. The van der Waals surface area contributed by atoms with Crippen LogP contribution >= 0.6 is 0 Å². The van der Waals surface area contributed by atoms with Crippen LogP contribution in [0, 0.1) is 4.32 Å². The van der Waals surface area contributed by atoms with Crippen LogP contribution in [0.2, 0.25) is 0 Å². The maximum Gasteiger partial charge on any atom is -0.282 e. The van der Waals surface area contributed by atoms with Crippen molar-refractivity contribution in [3.63, 3.8) is 0 Å². The maximum atomic E-state index is 7.75. The van der Waals surface area contributed by atoms with Crippen LogP contribution < -0.4 is 0 Å². The number of hydrogen-bond acceptors (Lipinski definition) is 6. The first kappa shape index (κ1) is 23.8. The number of hydrogen-bond donors (Lipinski definition) is 0. The van der Waals surface area contributed by atoms with E-state index in [2.05, 4.69) is 53.2 Å². The minimum Gasteiger partial charge on any atom is -0.545 e. The Hall–Kier alpha value is -1.73. The summed E-state index contributed by atoms with van der Waals surface area (Å²) in [6.45, 7) is 13.0. The molecule has 9 heteroatoms. The van der Waals surface area contributed by atoms with Gasteiger partial charge in [-0.05, 0) is 0 Å². The largest absolute Gasteiger partial charge is 0.545 e. The Bertz CT molecular complexity index is 270. The zero-order valence-electron chi connectivity index (χ0n) is 8.58. The fourth-order valence-corrected chi connectivity index (χ4v) is 0.500. The van der Waals surface area contributed by atoms with E-state index in [0.29, 0.717) is 0 Å². The SMILES string of the molecule is Cn1nnn(C)[c]1=[Fe].[CH-]=O.[CH-]=O.[CH-]=O.[CH-]=O. The third kappa shape index (κ3) is 12.3. The molecule has 0 N–H and O–H groups in total. The molecule has 0 amide bonds. The van der Waals surface area contributed by atoms with Gasteiger partial charge >= 0.3 is 53.8 Å².